The smallest absolute Gasteiger partial charge is 0.306 e. The summed E-state index contributed by atoms with van der Waals surface area (Å²) in [6.07, 6.45) is 46.3. The molecule has 0 heterocycles. The summed E-state index contributed by atoms with van der Waals surface area (Å²) in [6.45, 7) is 6.32. The lowest BCUT2D eigenvalue weighted by atomic mass is 10.0. The molecule has 0 saturated carbocycles. The van der Waals surface area contributed by atoms with Crippen molar-refractivity contribution in [1.29, 1.82) is 0 Å². The van der Waals surface area contributed by atoms with Crippen molar-refractivity contribution in [3.05, 3.63) is 36.5 Å². The first-order valence-electron chi connectivity index (χ1n) is 22.7. The van der Waals surface area contributed by atoms with E-state index in [1.54, 1.807) is 0 Å². The number of carbonyl (C=O) groups excluding carboxylic acids is 2. The number of amides is 1. The van der Waals surface area contributed by atoms with Crippen LogP contribution in [0.15, 0.2) is 36.5 Å². The van der Waals surface area contributed by atoms with Gasteiger partial charge in [0, 0.05) is 6.42 Å². The molecule has 53 heavy (non-hydrogen) atoms. The molecule has 6 heteroatoms. The van der Waals surface area contributed by atoms with Crippen LogP contribution in [-0.2, 0) is 14.3 Å². The molecule has 0 bridgehead atoms. The fourth-order valence-electron chi connectivity index (χ4n) is 6.84. The molecular weight excluding hydrogens is 659 g/mol. The molecular formula is C47H87NO5. The van der Waals surface area contributed by atoms with Gasteiger partial charge in [0.15, 0.2) is 0 Å². The summed E-state index contributed by atoms with van der Waals surface area (Å²) in [7, 11) is 0. The Labute approximate surface area is 328 Å². The van der Waals surface area contributed by atoms with Gasteiger partial charge in [-0.2, -0.15) is 0 Å². The average molecular weight is 746 g/mol. The van der Waals surface area contributed by atoms with E-state index >= 15 is 0 Å². The standard InChI is InChI=1S/C47H87NO5/c1-4-7-10-13-16-19-22-23-25-28-31-34-37-40-47(52)53-43(38-35-32-29-26-21-18-15-12-9-6-3)41-46(51)48-44(42-49)45(50)39-36-33-30-27-24-20-17-14-11-8-5-2/h7,10,13,16,19,22,43-45,49-50H,4-6,8-9,11-12,14-15,17-18,20-21,23-42H2,1-3H3,(H,48,51)/b10-7+,16-13+,22-19-. The quantitative estimate of drug-likeness (QED) is 0.0330. The second kappa shape index (κ2) is 41.2. The second-order valence-electron chi connectivity index (χ2n) is 15.5. The van der Waals surface area contributed by atoms with E-state index in [9.17, 15) is 19.8 Å². The van der Waals surface area contributed by atoms with E-state index in [0.29, 0.717) is 19.3 Å². The molecule has 1 amide bonds. The lowest BCUT2D eigenvalue weighted by Crippen LogP contribution is -2.46. The molecule has 0 fully saturated rings. The van der Waals surface area contributed by atoms with Crippen LogP contribution in [0.1, 0.15) is 226 Å². The molecule has 0 aromatic rings. The highest BCUT2D eigenvalue weighted by Crippen LogP contribution is 2.18. The largest absolute Gasteiger partial charge is 0.462 e. The zero-order valence-corrected chi connectivity index (χ0v) is 35.1. The van der Waals surface area contributed by atoms with Gasteiger partial charge in [-0.05, 0) is 44.9 Å². The van der Waals surface area contributed by atoms with Gasteiger partial charge in [0.1, 0.15) is 6.10 Å². The van der Waals surface area contributed by atoms with Gasteiger partial charge >= 0.3 is 5.97 Å². The van der Waals surface area contributed by atoms with Crippen LogP contribution in [0, 0.1) is 0 Å². The lowest BCUT2D eigenvalue weighted by Gasteiger charge is -2.24. The summed E-state index contributed by atoms with van der Waals surface area (Å²) in [5.41, 5.74) is 0. The molecule has 3 atom stereocenters. The molecule has 0 rings (SSSR count). The van der Waals surface area contributed by atoms with Crippen molar-refractivity contribution in [3.8, 4) is 0 Å². The maximum Gasteiger partial charge on any atom is 0.306 e. The van der Waals surface area contributed by atoms with E-state index < -0.39 is 18.2 Å². The third-order valence-electron chi connectivity index (χ3n) is 10.3. The number of aliphatic hydroxyl groups excluding tert-OH is 2. The monoisotopic (exact) mass is 746 g/mol. The number of esters is 1. The summed E-state index contributed by atoms with van der Waals surface area (Å²) in [4.78, 5) is 25.9. The third-order valence-corrected chi connectivity index (χ3v) is 10.3. The summed E-state index contributed by atoms with van der Waals surface area (Å²) in [5, 5.41) is 23.6. The Morgan fingerprint density at radius 1 is 0.566 bits per heavy atom. The number of rotatable bonds is 40. The van der Waals surface area contributed by atoms with Crippen molar-refractivity contribution in [1.82, 2.24) is 5.32 Å². The van der Waals surface area contributed by atoms with E-state index in [-0.39, 0.29) is 24.9 Å². The van der Waals surface area contributed by atoms with Crippen molar-refractivity contribution in [3.63, 3.8) is 0 Å². The highest BCUT2D eigenvalue weighted by Gasteiger charge is 2.24. The third kappa shape index (κ3) is 36.8. The van der Waals surface area contributed by atoms with Crippen molar-refractivity contribution in [2.75, 3.05) is 6.61 Å². The number of carbonyl (C=O) groups is 2. The zero-order chi connectivity index (χ0) is 38.9. The van der Waals surface area contributed by atoms with E-state index in [1.165, 1.54) is 103 Å². The number of hydrogen-bond acceptors (Lipinski definition) is 5. The summed E-state index contributed by atoms with van der Waals surface area (Å²) in [5.74, 6) is -0.495. The molecule has 3 unspecified atom stereocenters. The van der Waals surface area contributed by atoms with E-state index in [4.69, 9.17) is 4.74 Å². The van der Waals surface area contributed by atoms with Crippen molar-refractivity contribution < 1.29 is 24.5 Å². The van der Waals surface area contributed by atoms with Gasteiger partial charge in [-0.15, -0.1) is 0 Å². The first kappa shape index (κ1) is 51.1. The number of allylic oxidation sites excluding steroid dienone is 6. The molecule has 0 radical (unpaired) electrons. The maximum atomic E-state index is 13.1. The minimum absolute atomic E-state index is 0.0719. The Balaban J connectivity index is 4.58. The number of aliphatic hydroxyl groups is 2. The molecule has 0 aliphatic rings. The van der Waals surface area contributed by atoms with Crippen LogP contribution in [0.3, 0.4) is 0 Å². The topological polar surface area (TPSA) is 95.9 Å². The van der Waals surface area contributed by atoms with Crippen LogP contribution in [0.2, 0.25) is 0 Å². The van der Waals surface area contributed by atoms with Gasteiger partial charge in [0.25, 0.3) is 0 Å². The summed E-state index contributed by atoms with van der Waals surface area (Å²) < 4.78 is 5.89. The maximum absolute atomic E-state index is 13.1. The van der Waals surface area contributed by atoms with Crippen LogP contribution >= 0.6 is 0 Å². The molecule has 0 spiro atoms. The molecule has 0 aliphatic carbocycles. The minimum atomic E-state index is -0.786. The van der Waals surface area contributed by atoms with Crippen molar-refractivity contribution in [2.24, 2.45) is 0 Å². The van der Waals surface area contributed by atoms with Crippen molar-refractivity contribution in [2.45, 2.75) is 244 Å². The lowest BCUT2D eigenvalue weighted by molar-refractivity contribution is -0.151. The molecule has 0 saturated heterocycles. The molecule has 0 aliphatic heterocycles. The van der Waals surface area contributed by atoms with Crippen LogP contribution in [0.25, 0.3) is 0 Å². The highest BCUT2D eigenvalue weighted by atomic mass is 16.5. The minimum Gasteiger partial charge on any atom is -0.462 e. The van der Waals surface area contributed by atoms with Gasteiger partial charge in [-0.25, -0.2) is 0 Å². The first-order valence-corrected chi connectivity index (χ1v) is 22.7. The van der Waals surface area contributed by atoms with Crippen LogP contribution in [0.4, 0.5) is 0 Å². The first-order chi connectivity index (χ1) is 26.0. The molecule has 3 N–H and O–H groups in total. The summed E-state index contributed by atoms with van der Waals surface area (Å²) >= 11 is 0. The number of nitrogens with one attached hydrogen (secondary N) is 1. The zero-order valence-electron chi connectivity index (χ0n) is 35.1. The average Bonchev–Trinajstić information content (AvgIpc) is 3.15. The highest BCUT2D eigenvalue weighted by molar-refractivity contribution is 5.77. The Hall–Kier alpha value is -1.92. The number of unbranched alkanes of at least 4 members (excludes halogenated alkanes) is 24. The van der Waals surface area contributed by atoms with Crippen LogP contribution < -0.4 is 5.32 Å². The van der Waals surface area contributed by atoms with Gasteiger partial charge in [-0.3, -0.25) is 9.59 Å². The van der Waals surface area contributed by atoms with Gasteiger partial charge in [0.2, 0.25) is 5.91 Å². The predicted molar refractivity (Wildman–Crippen MR) is 227 cm³/mol. The molecule has 6 nitrogen and oxygen atoms in total. The number of ether oxygens (including phenoxy) is 1. The van der Waals surface area contributed by atoms with E-state index in [0.717, 1.165) is 77.0 Å². The van der Waals surface area contributed by atoms with Gasteiger partial charge < -0.3 is 20.3 Å². The number of hydrogen-bond donors (Lipinski definition) is 3. The molecule has 0 aromatic heterocycles. The van der Waals surface area contributed by atoms with Gasteiger partial charge in [0.05, 0.1) is 25.2 Å². The van der Waals surface area contributed by atoms with Crippen LogP contribution in [-0.4, -0.2) is 46.9 Å². The molecule has 310 valence electrons. The Kier molecular flexibility index (Phi) is 39.8. The van der Waals surface area contributed by atoms with Crippen LogP contribution in [0.5, 0.6) is 0 Å². The van der Waals surface area contributed by atoms with Crippen molar-refractivity contribution >= 4 is 11.9 Å². The Bertz CT molecular complexity index is 884. The normalized spacial score (nSPS) is 13.7. The Morgan fingerprint density at radius 3 is 1.53 bits per heavy atom. The molecule has 0 aromatic carbocycles. The second-order valence-corrected chi connectivity index (χ2v) is 15.5. The SMILES string of the molecule is CC/C=C/C=C/C=C\CCCCCCCC(=O)OC(CCCCCCCCCCCC)CC(=O)NC(CO)C(O)CCCCCCCCCCCCC. The fourth-order valence-corrected chi connectivity index (χ4v) is 6.84. The fraction of sp³-hybridized carbons (Fsp3) is 0.830. The van der Waals surface area contributed by atoms with E-state index in [2.05, 4.69) is 62.5 Å². The van der Waals surface area contributed by atoms with E-state index in [1.807, 2.05) is 0 Å². The predicted octanol–water partition coefficient (Wildman–Crippen LogP) is 12.9. The van der Waals surface area contributed by atoms with Gasteiger partial charge in [-0.1, -0.05) is 205 Å². The Morgan fingerprint density at radius 2 is 1.02 bits per heavy atom. The summed E-state index contributed by atoms with van der Waals surface area (Å²) in [6, 6.07) is -0.700.